The van der Waals surface area contributed by atoms with Gasteiger partial charge < -0.3 is 14.0 Å². The highest BCUT2D eigenvalue weighted by molar-refractivity contribution is 6.10. The van der Waals surface area contributed by atoms with Crippen LogP contribution in [-0.4, -0.2) is 39.0 Å². The number of hydrogen-bond acceptors (Lipinski definition) is 7. The number of benzene rings is 6. The van der Waals surface area contributed by atoms with Gasteiger partial charge in [-0.1, -0.05) is 129 Å². The van der Waals surface area contributed by atoms with Crippen LogP contribution in [0.4, 0.5) is 17.1 Å². The van der Waals surface area contributed by atoms with E-state index in [1.807, 2.05) is 97.5 Å². The number of anilines is 3. The van der Waals surface area contributed by atoms with Gasteiger partial charge in [0.15, 0.2) is 17.5 Å². The van der Waals surface area contributed by atoms with Crippen molar-refractivity contribution < 1.29 is 0 Å². The molecule has 9 heteroatoms. The quantitative estimate of drug-likeness (QED) is 0.165. The predicted molar refractivity (Wildman–Crippen MR) is 265 cm³/mol. The minimum atomic E-state index is -0.298. The number of aromatic nitrogens is 8. The van der Waals surface area contributed by atoms with Crippen molar-refractivity contribution in [1.29, 1.82) is 0 Å². The second-order valence-corrected chi connectivity index (χ2v) is 17.2. The molecule has 0 radical (unpaired) electrons. The molecular weight excluding hydrogens is 811 g/mol. The molecular formula is C57H39N9. The van der Waals surface area contributed by atoms with E-state index in [-0.39, 0.29) is 5.41 Å². The van der Waals surface area contributed by atoms with Crippen LogP contribution in [0.3, 0.4) is 0 Å². The van der Waals surface area contributed by atoms with Gasteiger partial charge in [0.1, 0.15) is 11.0 Å². The molecule has 9 nitrogen and oxygen atoms in total. The number of fused-ring (bicyclic) bond motifs is 8. The average Bonchev–Trinajstić information content (AvgIpc) is 3.90. The SMILES string of the molecule is CC1(C)c2ccccc2N(c2c(-n3c4ccccc4c4ncccc43)cc(-c3nc(-c4ccccc4)nc(-c4ccccc4)n3)cc2-n2c3cccnc3c3ncccc32)c2ccccc21. The van der Waals surface area contributed by atoms with Gasteiger partial charge in [-0.15, -0.1) is 0 Å². The summed E-state index contributed by atoms with van der Waals surface area (Å²) in [5.74, 6) is 1.70. The molecule has 6 aromatic heterocycles. The summed E-state index contributed by atoms with van der Waals surface area (Å²) in [5.41, 5.74) is 16.0. The minimum absolute atomic E-state index is 0.298. The Morgan fingerprint density at radius 2 is 0.773 bits per heavy atom. The molecule has 0 saturated heterocycles. The van der Waals surface area contributed by atoms with Crippen molar-refractivity contribution in [3.05, 3.63) is 212 Å². The zero-order chi connectivity index (χ0) is 43.9. The van der Waals surface area contributed by atoms with Gasteiger partial charge in [0.05, 0.1) is 56.0 Å². The molecule has 6 aromatic carbocycles. The van der Waals surface area contributed by atoms with Gasteiger partial charge >= 0.3 is 0 Å². The zero-order valence-electron chi connectivity index (χ0n) is 36.1. The van der Waals surface area contributed by atoms with Crippen molar-refractivity contribution in [2.45, 2.75) is 19.3 Å². The van der Waals surface area contributed by atoms with Crippen LogP contribution in [0.1, 0.15) is 25.0 Å². The molecule has 0 bridgehead atoms. The van der Waals surface area contributed by atoms with Gasteiger partial charge in [-0.05, 0) is 77.9 Å². The van der Waals surface area contributed by atoms with Crippen molar-refractivity contribution in [3.63, 3.8) is 0 Å². The van der Waals surface area contributed by atoms with E-state index in [0.717, 1.165) is 89.1 Å². The van der Waals surface area contributed by atoms with Crippen molar-refractivity contribution in [2.75, 3.05) is 4.90 Å². The predicted octanol–water partition coefficient (Wildman–Crippen LogP) is 13.4. The Morgan fingerprint density at radius 3 is 1.32 bits per heavy atom. The molecule has 0 N–H and O–H groups in total. The second-order valence-electron chi connectivity index (χ2n) is 17.2. The largest absolute Gasteiger partial charge is 0.306 e. The third kappa shape index (κ3) is 5.66. The molecule has 12 aromatic rings. The lowest BCUT2D eigenvalue weighted by Gasteiger charge is -2.43. The number of pyridine rings is 3. The van der Waals surface area contributed by atoms with Crippen LogP contribution in [-0.2, 0) is 5.41 Å². The number of nitrogens with zero attached hydrogens (tertiary/aromatic N) is 9. The van der Waals surface area contributed by atoms with E-state index in [9.17, 15) is 0 Å². The summed E-state index contributed by atoms with van der Waals surface area (Å²) in [6.07, 6.45) is 5.56. The Kier molecular flexibility index (Phi) is 8.35. The smallest absolute Gasteiger partial charge is 0.164 e. The third-order valence-electron chi connectivity index (χ3n) is 13.1. The van der Waals surface area contributed by atoms with Crippen LogP contribution in [0.25, 0.3) is 89.5 Å². The standard InChI is InChI=1S/C57H39N9/c1-57(2)40-23-10-13-26-43(40)66(44-27-14-11-24-41(44)57)53-48(64-42-25-12-9-22-39(42)50-45(64)28-15-31-58-50)34-38(35-49(53)65-46-29-16-32-59-51(46)52-47(65)30-17-33-60-52)56-62-54(36-18-5-3-6-19-36)61-55(63-56)37-20-7-4-8-21-37/h3-35H,1-2H3. The minimum Gasteiger partial charge on any atom is -0.306 e. The summed E-state index contributed by atoms with van der Waals surface area (Å²) in [4.78, 5) is 33.2. The van der Waals surface area contributed by atoms with E-state index >= 15 is 0 Å². The fourth-order valence-electron chi connectivity index (χ4n) is 10.1. The van der Waals surface area contributed by atoms with Crippen LogP contribution in [0.15, 0.2) is 201 Å². The van der Waals surface area contributed by atoms with Crippen LogP contribution < -0.4 is 4.90 Å². The second kappa shape index (κ2) is 14.6. The van der Waals surface area contributed by atoms with Gasteiger partial charge in [0, 0.05) is 46.1 Å². The molecule has 0 saturated carbocycles. The van der Waals surface area contributed by atoms with Crippen molar-refractivity contribution in [2.24, 2.45) is 0 Å². The van der Waals surface area contributed by atoms with Crippen LogP contribution in [0, 0.1) is 0 Å². The van der Waals surface area contributed by atoms with Crippen molar-refractivity contribution in [3.8, 4) is 45.5 Å². The van der Waals surface area contributed by atoms with Crippen LogP contribution in [0.5, 0.6) is 0 Å². The maximum atomic E-state index is 5.34. The van der Waals surface area contributed by atoms with Gasteiger partial charge in [0.25, 0.3) is 0 Å². The summed E-state index contributed by atoms with van der Waals surface area (Å²) in [6.45, 7) is 4.65. The normalized spacial score (nSPS) is 13.1. The molecule has 7 heterocycles. The van der Waals surface area contributed by atoms with E-state index in [0.29, 0.717) is 17.5 Å². The lowest BCUT2D eigenvalue weighted by molar-refractivity contribution is 0.632. The molecule has 66 heavy (non-hydrogen) atoms. The van der Waals surface area contributed by atoms with Gasteiger partial charge in [0.2, 0.25) is 0 Å². The van der Waals surface area contributed by atoms with E-state index in [1.165, 1.54) is 11.1 Å². The fraction of sp³-hybridized carbons (Fsp3) is 0.0526. The molecule has 0 aliphatic carbocycles. The molecule has 0 amide bonds. The van der Waals surface area contributed by atoms with E-state index in [1.54, 1.807) is 0 Å². The molecule has 0 fully saturated rings. The van der Waals surface area contributed by atoms with Crippen molar-refractivity contribution >= 4 is 61.1 Å². The third-order valence-corrected chi connectivity index (χ3v) is 13.1. The van der Waals surface area contributed by atoms with E-state index in [2.05, 4.69) is 131 Å². The van der Waals surface area contributed by atoms with E-state index in [4.69, 9.17) is 29.9 Å². The van der Waals surface area contributed by atoms with Gasteiger partial charge in [-0.3, -0.25) is 15.0 Å². The monoisotopic (exact) mass is 849 g/mol. The first-order chi connectivity index (χ1) is 32.5. The first kappa shape index (κ1) is 37.7. The zero-order valence-corrected chi connectivity index (χ0v) is 36.1. The van der Waals surface area contributed by atoms with Crippen LogP contribution >= 0.6 is 0 Å². The Balaban J connectivity index is 1.25. The summed E-state index contributed by atoms with van der Waals surface area (Å²) in [5, 5.41) is 1.05. The molecule has 13 rings (SSSR count). The number of hydrogen-bond donors (Lipinski definition) is 0. The van der Waals surface area contributed by atoms with Gasteiger partial charge in [-0.25, -0.2) is 15.0 Å². The summed E-state index contributed by atoms with van der Waals surface area (Å²) in [7, 11) is 0. The highest BCUT2D eigenvalue weighted by Crippen LogP contribution is 2.55. The Labute approximate surface area is 380 Å². The Morgan fingerprint density at radius 1 is 0.364 bits per heavy atom. The van der Waals surface area contributed by atoms with Crippen LogP contribution in [0.2, 0.25) is 0 Å². The first-order valence-electron chi connectivity index (χ1n) is 22.1. The highest BCUT2D eigenvalue weighted by atomic mass is 15.2. The summed E-state index contributed by atoms with van der Waals surface area (Å²) in [6, 6.07) is 63.4. The average molecular weight is 850 g/mol. The lowest BCUT2D eigenvalue weighted by atomic mass is 9.73. The van der Waals surface area contributed by atoms with Gasteiger partial charge in [-0.2, -0.15) is 0 Å². The number of para-hydroxylation sites is 3. The molecule has 0 atom stereocenters. The Bertz CT molecular complexity index is 3520. The molecule has 1 aliphatic rings. The summed E-state index contributed by atoms with van der Waals surface area (Å²) >= 11 is 0. The topological polar surface area (TPSA) is 90.4 Å². The maximum Gasteiger partial charge on any atom is 0.164 e. The first-order valence-corrected chi connectivity index (χ1v) is 22.1. The Hall–Kier alpha value is -8.82. The van der Waals surface area contributed by atoms with Crippen molar-refractivity contribution in [1.82, 2.24) is 39.0 Å². The molecule has 312 valence electrons. The fourth-order valence-corrected chi connectivity index (χ4v) is 10.1. The highest BCUT2D eigenvalue weighted by Gasteiger charge is 2.39. The lowest BCUT2D eigenvalue weighted by Crippen LogP contribution is -2.31. The molecule has 1 aliphatic heterocycles. The molecule has 0 spiro atoms. The maximum absolute atomic E-state index is 5.34. The number of rotatable bonds is 6. The van der Waals surface area contributed by atoms with E-state index < -0.39 is 0 Å². The molecule has 0 unspecified atom stereocenters. The summed E-state index contributed by atoms with van der Waals surface area (Å²) < 4.78 is 4.69.